The Morgan fingerprint density at radius 1 is 1.29 bits per heavy atom. The van der Waals surface area contributed by atoms with E-state index in [1.807, 2.05) is 26.0 Å². The zero-order valence-electron chi connectivity index (χ0n) is 8.09. The fraction of sp³-hybridized carbons (Fsp3) is 0.200. The van der Waals surface area contributed by atoms with Gasteiger partial charge in [0.25, 0.3) is 13.9 Å². The van der Waals surface area contributed by atoms with Crippen LogP contribution in [0, 0.1) is 13.8 Å². The first-order valence-electron chi connectivity index (χ1n) is 4.34. The van der Waals surface area contributed by atoms with Crippen LogP contribution >= 0.6 is 0 Å². The smallest absolute Gasteiger partial charge is 0.273 e. The van der Waals surface area contributed by atoms with E-state index in [9.17, 15) is 4.79 Å². The molecule has 3 nitrogen and oxygen atoms in total. The van der Waals surface area contributed by atoms with Crippen LogP contribution in [0.3, 0.4) is 0 Å². The minimum absolute atomic E-state index is 0.229. The number of nitrogens with one attached hydrogen (secondary N) is 1. The number of aryl methyl sites for hydroxylation is 2. The summed E-state index contributed by atoms with van der Waals surface area (Å²) >= 11 is 0. The molecule has 0 spiro atoms. The molecule has 0 bridgehead atoms. The first-order chi connectivity index (χ1) is 6.63. The van der Waals surface area contributed by atoms with E-state index >= 15 is 0 Å². The maximum atomic E-state index is 11.4. The van der Waals surface area contributed by atoms with Crippen LogP contribution in [0.25, 0.3) is 0 Å². The van der Waals surface area contributed by atoms with Gasteiger partial charge in [-0.3, -0.25) is 4.79 Å². The van der Waals surface area contributed by atoms with Crippen molar-refractivity contribution in [2.45, 2.75) is 13.8 Å². The highest BCUT2D eigenvalue weighted by Gasteiger charge is 2.24. The van der Waals surface area contributed by atoms with Crippen LogP contribution in [-0.2, 0) is 4.79 Å². The molecule has 0 atom stereocenters. The van der Waals surface area contributed by atoms with Gasteiger partial charge in [0.2, 0.25) is 0 Å². The lowest BCUT2D eigenvalue weighted by Gasteiger charge is -2.03. The second-order valence-corrected chi connectivity index (χ2v) is 3.41. The third kappa shape index (κ3) is 1.15. The van der Waals surface area contributed by atoms with Gasteiger partial charge in [0.15, 0.2) is 0 Å². The van der Waals surface area contributed by atoms with Crippen LogP contribution in [0.4, 0.5) is 5.69 Å². The topological polar surface area (TPSA) is 41.5 Å². The molecule has 1 aromatic rings. The Morgan fingerprint density at radius 3 is 2.57 bits per heavy atom. The number of carbonyl (C=O) groups excluding carboxylic acids is 1. The van der Waals surface area contributed by atoms with Gasteiger partial charge >= 0.3 is 0 Å². The first kappa shape index (κ1) is 9.00. The zero-order valence-corrected chi connectivity index (χ0v) is 8.09. The molecular formula is C10H9BN2O. The first-order valence-corrected chi connectivity index (χ1v) is 4.34. The van der Waals surface area contributed by atoms with E-state index in [4.69, 9.17) is 7.98 Å². The highest BCUT2D eigenvalue weighted by atomic mass is 16.2. The van der Waals surface area contributed by atoms with Crippen molar-refractivity contribution in [1.29, 1.82) is 0 Å². The van der Waals surface area contributed by atoms with Crippen molar-refractivity contribution in [2.75, 3.05) is 5.32 Å². The van der Waals surface area contributed by atoms with Gasteiger partial charge in [0.1, 0.15) is 5.71 Å². The lowest BCUT2D eigenvalue weighted by molar-refractivity contribution is -0.110. The SMILES string of the molecule is [B]N=C1C(=O)Nc2cc(C)c(C)cc21. The second kappa shape index (κ2) is 2.98. The Morgan fingerprint density at radius 2 is 1.93 bits per heavy atom. The number of benzene rings is 1. The summed E-state index contributed by atoms with van der Waals surface area (Å²) in [5.41, 5.74) is 4.16. The molecule has 1 amide bonds. The Balaban J connectivity index is 2.66. The van der Waals surface area contributed by atoms with E-state index in [1.165, 1.54) is 0 Å². The fourth-order valence-corrected chi connectivity index (χ4v) is 1.55. The normalized spacial score (nSPS) is 17.0. The molecule has 68 valence electrons. The minimum Gasteiger partial charge on any atom is -0.352 e. The van der Waals surface area contributed by atoms with E-state index in [1.54, 1.807) is 0 Å². The molecule has 0 saturated heterocycles. The Hall–Kier alpha value is -1.58. The Bertz CT molecular complexity index is 452. The molecule has 2 radical (unpaired) electrons. The van der Waals surface area contributed by atoms with Crippen LogP contribution in [0.1, 0.15) is 16.7 Å². The monoisotopic (exact) mass is 184 g/mol. The summed E-state index contributed by atoms with van der Waals surface area (Å²) in [5.74, 6) is -0.229. The van der Waals surface area contributed by atoms with Gasteiger partial charge < -0.3 is 10.2 Å². The van der Waals surface area contributed by atoms with E-state index in [2.05, 4.69) is 10.2 Å². The number of hydrogen-bond donors (Lipinski definition) is 1. The standard InChI is InChI=1S/C10H9BN2O/c1-5-3-7-8(4-6(5)2)12-10(14)9(7)13-11/h3-4H,1-2H3,(H,12,13,14). The van der Waals surface area contributed by atoms with Gasteiger partial charge in [0, 0.05) is 5.56 Å². The van der Waals surface area contributed by atoms with Crippen molar-refractivity contribution in [2.24, 2.45) is 4.90 Å². The summed E-state index contributed by atoms with van der Waals surface area (Å²) in [5, 5.41) is 2.72. The average Bonchev–Trinajstić information content (AvgIpc) is 2.42. The maximum Gasteiger partial charge on any atom is 0.273 e. The molecule has 4 heteroatoms. The van der Waals surface area contributed by atoms with Crippen LogP contribution in [0.5, 0.6) is 0 Å². The molecule has 1 heterocycles. The quantitative estimate of drug-likeness (QED) is 0.603. The lowest BCUT2D eigenvalue weighted by atomic mass is 10.0. The van der Waals surface area contributed by atoms with Gasteiger partial charge in [-0.25, -0.2) is 0 Å². The van der Waals surface area contributed by atoms with Gasteiger partial charge in [-0.05, 0) is 37.1 Å². The second-order valence-electron chi connectivity index (χ2n) is 3.41. The maximum absolute atomic E-state index is 11.4. The van der Waals surface area contributed by atoms with E-state index in [0.717, 1.165) is 22.4 Å². The predicted molar refractivity (Wildman–Crippen MR) is 56.8 cm³/mol. The molecule has 1 aliphatic heterocycles. The number of amides is 1. The van der Waals surface area contributed by atoms with Gasteiger partial charge in [-0.15, -0.1) is 0 Å². The number of anilines is 1. The largest absolute Gasteiger partial charge is 0.352 e. The molecule has 0 fully saturated rings. The lowest BCUT2D eigenvalue weighted by Crippen LogP contribution is -2.14. The van der Waals surface area contributed by atoms with E-state index < -0.39 is 0 Å². The molecule has 1 aliphatic rings. The van der Waals surface area contributed by atoms with Gasteiger partial charge in [-0.2, -0.15) is 0 Å². The summed E-state index contributed by atoms with van der Waals surface area (Å²) in [6.07, 6.45) is 0. The molecular weight excluding hydrogens is 175 g/mol. The van der Waals surface area contributed by atoms with Crippen LogP contribution in [-0.4, -0.2) is 19.6 Å². The number of carbonyl (C=O) groups is 1. The summed E-state index contributed by atoms with van der Waals surface area (Å²) in [6.45, 7) is 3.99. The van der Waals surface area contributed by atoms with Gasteiger partial charge in [-0.1, -0.05) is 0 Å². The summed E-state index contributed by atoms with van der Waals surface area (Å²) in [7, 11) is 5.15. The number of fused-ring (bicyclic) bond motifs is 1. The molecule has 0 saturated carbocycles. The summed E-state index contributed by atoms with van der Waals surface area (Å²) in [4.78, 5) is 14.8. The van der Waals surface area contributed by atoms with Crippen molar-refractivity contribution < 1.29 is 4.79 Å². The third-order valence-electron chi connectivity index (χ3n) is 2.48. The molecule has 1 aromatic carbocycles. The molecule has 0 aliphatic carbocycles. The van der Waals surface area contributed by atoms with Crippen molar-refractivity contribution in [3.63, 3.8) is 0 Å². The highest BCUT2D eigenvalue weighted by Crippen LogP contribution is 2.26. The predicted octanol–water partition coefficient (Wildman–Crippen LogP) is 1.13. The van der Waals surface area contributed by atoms with Crippen molar-refractivity contribution >= 4 is 25.3 Å². The molecule has 14 heavy (non-hydrogen) atoms. The third-order valence-corrected chi connectivity index (χ3v) is 2.48. The summed E-state index contributed by atoms with van der Waals surface area (Å²) < 4.78 is 0. The van der Waals surface area contributed by atoms with E-state index in [0.29, 0.717) is 5.71 Å². The number of hydrogen-bond acceptors (Lipinski definition) is 2. The Kier molecular flexibility index (Phi) is 1.91. The average molecular weight is 184 g/mol. The number of rotatable bonds is 0. The highest BCUT2D eigenvalue weighted by molar-refractivity contribution is 6.55. The minimum atomic E-state index is -0.229. The van der Waals surface area contributed by atoms with Gasteiger partial charge in [0.05, 0.1) is 5.69 Å². The van der Waals surface area contributed by atoms with Crippen LogP contribution in [0.15, 0.2) is 17.0 Å². The van der Waals surface area contributed by atoms with Crippen LogP contribution in [0.2, 0.25) is 0 Å². The fourth-order valence-electron chi connectivity index (χ4n) is 1.55. The Labute approximate surface area is 83.7 Å². The molecule has 1 N–H and O–H groups in total. The van der Waals surface area contributed by atoms with E-state index in [-0.39, 0.29) is 5.91 Å². The zero-order chi connectivity index (χ0) is 10.3. The molecule has 0 aromatic heterocycles. The molecule has 2 rings (SSSR count). The molecule has 0 unspecified atom stereocenters. The summed E-state index contributed by atoms with van der Waals surface area (Å²) in [6, 6.07) is 3.86. The van der Waals surface area contributed by atoms with Crippen molar-refractivity contribution in [1.82, 2.24) is 0 Å². The van der Waals surface area contributed by atoms with Crippen LogP contribution < -0.4 is 5.32 Å². The number of nitrogens with zero attached hydrogens (tertiary/aromatic N) is 1. The van der Waals surface area contributed by atoms with Crippen molar-refractivity contribution in [3.8, 4) is 0 Å². The van der Waals surface area contributed by atoms with Crippen molar-refractivity contribution in [3.05, 3.63) is 28.8 Å².